The molecule has 3 rings (SSSR count). The normalized spacial score (nSPS) is 11.6. The number of aryl methyl sites for hydroxylation is 3. The summed E-state index contributed by atoms with van der Waals surface area (Å²) in [5.41, 5.74) is 5.60. The maximum absolute atomic E-state index is 13.0. The molecule has 0 aliphatic rings. The van der Waals surface area contributed by atoms with Crippen molar-refractivity contribution in [3.05, 3.63) is 70.0 Å². The largest absolute Gasteiger partial charge is 0.264 e. The Balaban J connectivity index is 1.87. The molecule has 6 nitrogen and oxygen atoms in total. The van der Waals surface area contributed by atoms with E-state index in [-0.39, 0.29) is 5.95 Å². The molecule has 2 aromatic carbocycles. The molecule has 0 amide bonds. The van der Waals surface area contributed by atoms with Crippen molar-refractivity contribution >= 4 is 16.0 Å². The van der Waals surface area contributed by atoms with E-state index in [1.165, 1.54) is 6.33 Å². The lowest BCUT2D eigenvalue weighted by molar-refractivity contribution is 0.599. The molecule has 0 spiro atoms. The van der Waals surface area contributed by atoms with Crippen molar-refractivity contribution in [3.63, 3.8) is 0 Å². The maximum Gasteiger partial charge on any atom is 0.264 e. The summed E-state index contributed by atoms with van der Waals surface area (Å²) in [7, 11) is -3.77. The van der Waals surface area contributed by atoms with Crippen LogP contribution in [0.1, 0.15) is 33.4 Å². The molecule has 0 saturated heterocycles. The molecule has 0 aliphatic heterocycles. The fourth-order valence-corrected chi connectivity index (χ4v) is 4.73. The summed E-state index contributed by atoms with van der Waals surface area (Å²) in [6.45, 7) is 10.0. The van der Waals surface area contributed by atoms with Gasteiger partial charge in [0.1, 0.15) is 6.33 Å². The number of sulfonamides is 1. The third-order valence-electron chi connectivity index (χ3n) is 4.76. The molecule has 1 heterocycles. The van der Waals surface area contributed by atoms with Gasteiger partial charge < -0.3 is 0 Å². The molecule has 0 saturated carbocycles. The molecule has 0 fully saturated rings. The van der Waals surface area contributed by atoms with Crippen LogP contribution >= 0.6 is 0 Å². The van der Waals surface area contributed by atoms with Gasteiger partial charge in [-0.3, -0.25) is 0 Å². The van der Waals surface area contributed by atoms with Crippen LogP contribution in [0.15, 0.2) is 41.6 Å². The summed E-state index contributed by atoms with van der Waals surface area (Å²) in [6.07, 6.45) is 1.53. The first-order valence-corrected chi connectivity index (χ1v) is 10.2. The van der Waals surface area contributed by atoms with Crippen molar-refractivity contribution in [1.29, 1.82) is 0 Å². The van der Waals surface area contributed by atoms with Crippen LogP contribution in [0.3, 0.4) is 0 Å². The lowest BCUT2D eigenvalue weighted by Gasteiger charge is -2.15. The topological polar surface area (TPSA) is 76.9 Å². The van der Waals surface area contributed by atoms with Gasteiger partial charge in [-0.15, -0.1) is 5.10 Å². The second-order valence-corrected chi connectivity index (χ2v) is 8.57. The highest BCUT2D eigenvalue weighted by molar-refractivity contribution is 7.92. The van der Waals surface area contributed by atoms with Gasteiger partial charge in [-0.05, 0) is 62.4 Å². The van der Waals surface area contributed by atoms with E-state index in [4.69, 9.17) is 0 Å². The highest BCUT2D eigenvalue weighted by Gasteiger charge is 2.23. The van der Waals surface area contributed by atoms with Crippen LogP contribution in [-0.4, -0.2) is 23.2 Å². The van der Waals surface area contributed by atoms with Crippen LogP contribution in [0.25, 0.3) is 0 Å². The van der Waals surface area contributed by atoms with E-state index < -0.39 is 10.0 Å². The standard InChI is InChI=1S/C20H24N4O2S/c1-13-7-6-8-18(9-13)11-24-12-21-20(22-24)23-27(25,26)19-16(4)14(2)10-15(3)17(19)5/h6-10,12H,11H2,1-5H3,(H,22,23). The SMILES string of the molecule is Cc1cccc(Cn2cnc(NS(=O)(=O)c3c(C)c(C)cc(C)c3C)n2)c1. The van der Waals surface area contributed by atoms with Gasteiger partial charge in [-0.1, -0.05) is 35.9 Å². The fourth-order valence-electron chi connectivity index (χ4n) is 3.17. The first-order chi connectivity index (χ1) is 12.7. The van der Waals surface area contributed by atoms with Gasteiger partial charge in [-0.25, -0.2) is 17.8 Å². The first kappa shape index (κ1) is 19.1. The summed E-state index contributed by atoms with van der Waals surface area (Å²) in [5.74, 6) is 0.0700. The molecular weight excluding hydrogens is 360 g/mol. The highest BCUT2D eigenvalue weighted by Crippen LogP contribution is 2.27. The fraction of sp³-hybridized carbons (Fsp3) is 0.300. The molecule has 3 aromatic rings. The van der Waals surface area contributed by atoms with Crippen molar-refractivity contribution in [2.24, 2.45) is 0 Å². The average molecular weight is 385 g/mol. The van der Waals surface area contributed by atoms with Gasteiger partial charge in [0, 0.05) is 0 Å². The van der Waals surface area contributed by atoms with Gasteiger partial charge in [0.2, 0.25) is 0 Å². The van der Waals surface area contributed by atoms with Crippen LogP contribution < -0.4 is 4.72 Å². The summed E-state index contributed by atoms with van der Waals surface area (Å²) >= 11 is 0. The number of anilines is 1. The monoisotopic (exact) mass is 384 g/mol. The van der Waals surface area contributed by atoms with Crippen molar-refractivity contribution in [2.75, 3.05) is 4.72 Å². The Kier molecular flexibility index (Phi) is 5.06. The smallest absolute Gasteiger partial charge is 0.246 e. The predicted molar refractivity (Wildman–Crippen MR) is 107 cm³/mol. The lowest BCUT2D eigenvalue weighted by Crippen LogP contribution is -2.18. The summed E-state index contributed by atoms with van der Waals surface area (Å²) < 4.78 is 30.1. The van der Waals surface area contributed by atoms with E-state index in [1.807, 2.05) is 58.9 Å². The van der Waals surface area contributed by atoms with Crippen molar-refractivity contribution in [1.82, 2.24) is 14.8 Å². The lowest BCUT2D eigenvalue weighted by atomic mass is 10.0. The highest BCUT2D eigenvalue weighted by atomic mass is 32.2. The molecule has 7 heteroatoms. The predicted octanol–water partition coefficient (Wildman–Crippen LogP) is 3.67. The van der Waals surface area contributed by atoms with Gasteiger partial charge in [0.15, 0.2) is 0 Å². The van der Waals surface area contributed by atoms with Crippen LogP contribution in [0.4, 0.5) is 5.95 Å². The van der Waals surface area contributed by atoms with Gasteiger partial charge in [0.25, 0.3) is 16.0 Å². The molecule has 1 aromatic heterocycles. The van der Waals surface area contributed by atoms with E-state index in [9.17, 15) is 8.42 Å². The second kappa shape index (κ2) is 7.15. The summed E-state index contributed by atoms with van der Waals surface area (Å²) in [5, 5.41) is 4.27. The minimum atomic E-state index is -3.77. The Hall–Kier alpha value is -2.67. The number of hydrogen-bond acceptors (Lipinski definition) is 4. The first-order valence-electron chi connectivity index (χ1n) is 8.72. The van der Waals surface area contributed by atoms with Crippen LogP contribution in [0.2, 0.25) is 0 Å². The van der Waals surface area contributed by atoms with E-state index in [0.717, 1.165) is 33.4 Å². The number of nitrogens with one attached hydrogen (secondary N) is 1. The third-order valence-corrected chi connectivity index (χ3v) is 6.36. The molecule has 0 aliphatic carbocycles. The van der Waals surface area contributed by atoms with Gasteiger partial charge in [-0.2, -0.15) is 4.98 Å². The minimum Gasteiger partial charge on any atom is -0.246 e. The zero-order chi connectivity index (χ0) is 19.8. The molecule has 0 atom stereocenters. The van der Waals surface area contributed by atoms with Crippen LogP contribution in [0.5, 0.6) is 0 Å². The minimum absolute atomic E-state index is 0.0700. The Bertz CT molecular complexity index is 1070. The van der Waals surface area contributed by atoms with Crippen molar-refractivity contribution < 1.29 is 8.42 Å². The Labute approximate surface area is 160 Å². The molecule has 1 N–H and O–H groups in total. The van der Waals surface area contributed by atoms with E-state index in [0.29, 0.717) is 11.4 Å². The molecular formula is C20H24N4O2S. The average Bonchev–Trinajstić information content (AvgIpc) is 2.99. The molecule has 0 radical (unpaired) electrons. The van der Waals surface area contributed by atoms with E-state index in [2.05, 4.69) is 20.9 Å². The van der Waals surface area contributed by atoms with Crippen LogP contribution in [0, 0.1) is 34.6 Å². The zero-order valence-electron chi connectivity index (χ0n) is 16.2. The summed E-state index contributed by atoms with van der Waals surface area (Å²) in [4.78, 5) is 4.41. The quantitative estimate of drug-likeness (QED) is 0.728. The number of benzene rings is 2. The second-order valence-electron chi connectivity index (χ2n) is 6.95. The molecule has 0 bridgehead atoms. The van der Waals surface area contributed by atoms with Crippen molar-refractivity contribution in [3.8, 4) is 0 Å². The Morgan fingerprint density at radius 3 is 2.30 bits per heavy atom. The molecule has 142 valence electrons. The van der Waals surface area contributed by atoms with Crippen molar-refractivity contribution in [2.45, 2.75) is 46.1 Å². The molecule has 27 heavy (non-hydrogen) atoms. The number of rotatable bonds is 5. The Morgan fingerprint density at radius 2 is 1.67 bits per heavy atom. The number of hydrogen-bond donors (Lipinski definition) is 1. The van der Waals surface area contributed by atoms with Gasteiger partial charge >= 0.3 is 0 Å². The number of aromatic nitrogens is 3. The van der Waals surface area contributed by atoms with E-state index >= 15 is 0 Å². The van der Waals surface area contributed by atoms with E-state index in [1.54, 1.807) is 4.68 Å². The van der Waals surface area contributed by atoms with Gasteiger partial charge in [0.05, 0.1) is 11.4 Å². The Morgan fingerprint density at radius 1 is 1.00 bits per heavy atom. The maximum atomic E-state index is 13.0. The summed E-state index contributed by atoms with van der Waals surface area (Å²) in [6, 6.07) is 10.1. The molecule has 0 unspecified atom stereocenters. The number of nitrogens with zero attached hydrogens (tertiary/aromatic N) is 3. The third kappa shape index (κ3) is 4.03. The van der Waals surface area contributed by atoms with Crippen LogP contribution in [-0.2, 0) is 16.6 Å². The zero-order valence-corrected chi connectivity index (χ0v) is 17.1.